The van der Waals surface area contributed by atoms with Crippen LogP contribution < -0.4 is 5.32 Å². The molecule has 0 bridgehead atoms. The van der Waals surface area contributed by atoms with E-state index in [1.54, 1.807) is 0 Å². The van der Waals surface area contributed by atoms with Crippen LogP contribution in [-0.4, -0.2) is 91.0 Å². The Kier molecular flexibility index (Phi) is 11.2. The first kappa shape index (κ1) is 26.4. The standard InChI is InChI=1S/C23H35N5O3.HI/c1-3-24-23(25-17-21(29)26(4-2)18-19-9-6-5-7-10-19)28-14-12-27(13-15-28)22(30)20-11-8-16-31-20;/h5-7,9-10,20H,3-4,8,11-18H2,1-2H3,(H,24,25);1H. The highest BCUT2D eigenvalue weighted by atomic mass is 127. The molecule has 178 valence electrons. The van der Waals surface area contributed by atoms with Crippen molar-refractivity contribution in [3.63, 3.8) is 0 Å². The van der Waals surface area contributed by atoms with E-state index in [2.05, 4.69) is 15.2 Å². The Morgan fingerprint density at radius 3 is 2.41 bits per heavy atom. The average molecular weight is 557 g/mol. The van der Waals surface area contributed by atoms with E-state index in [1.165, 1.54) is 0 Å². The van der Waals surface area contributed by atoms with Crippen molar-refractivity contribution < 1.29 is 14.3 Å². The van der Waals surface area contributed by atoms with Gasteiger partial charge in [0.15, 0.2) is 5.96 Å². The minimum Gasteiger partial charge on any atom is -0.368 e. The molecule has 1 unspecified atom stereocenters. The summed E-state index contributed by atoms with van der Waals surface area (Å²) in [5, 5.41) is 3.29. The molecule has 32 heavy (non-hydrogen) atoms. The lowest BCUT2D eigenvalue weighted by atomic mass is 10.2. The highest BCUT2D eigenvalue weighted by Gasteiger charge is 2.31. The number of ether oxygens (including phenoxy) is 1. The molecule has 0 aliphatic carbocycles. The van der Waals surface area contributed by atoms with Crippen molar-refractivity contribution in [2.75, 3.05) is 52.4 Å². The lowest BCUT2D eigenvalue weighted by Gasteiger charge is -2.37. The van der Waals surface area contributed by atoms with Gasteiger partial charge < -0.3 is 24.8 Å². The maximum Gasteiger partial charge on any atom is 0.251 e. The maximum atomic E-state index is 12.8. The number of piperazine rings is 1. The van der Waals surface area contributed by atoms with Gasteiger partial charge in [0.2, 0.25) is 5.91 Å². The van der Waals surface area contributed by atoms with Gasteiger partial charge in [0.25, 0.3) is 5.91 Å². The van der Waals surface area contributed by atoms with Crippen LogP contribution in [-0.2, 0) is 20.9 Å². The zero-order chi connectivity index (χ0) is 22.1. The number of likely N-dealkylation sites (N-methyl/N-ethyl adjacent to an activating group) is 1. The Bertz CT molecular complexity index is 747. The Balaban J connectivity index is 0.00000363. The third-order valence-electron chi connectivity index (χ3n) is 5.75. The molecule has 1 aromatic carbocycles. The number of hydrogen-bond donors (Lipinski definition) is 1. The average Bonchev–Trinajstić information content (AvgIpc) is 3.35. The highest BCUT2D eigenvalue weighted by molar-refractivity contribution is 14.0. The number of guanidine groups is 1. The number of halogens is 1. The van der Waals surface area contributed by atoms with E-state index in [0.717, 1.165) is 30.9 Å². The van der Waals surface area contributed by atoms with Gasteiger partial charge in [-0.2, -0.15) is 0 Å². The first-order valence-electron chi connectivity index (χ1n) is 11.4. The van der Waals surface area contributed by atoms with Crippen LogP contribution in [0, 0.1) is 0 Å². The summed E-state index contributed by atoms with van der Waals surface area (Å²) in [6.07, 6.45) is 1.51. The van der Waals surface area contributed by atoms with Gasteiger partial charge >= 0.3 is 0 Å². The van der Waals surface area contributed by atoms with E-state index in [0.29, 0.717) is 45.9 Å². The van der Waals surface area contributed by atoms with Crippen LogP contribution in [0.2, 0.25) is 0 Å². The number of rotatable bonds is 7. The van der Waals surface area contributed by atoms with Crippen molar-refractivity contribution in [3.8, 4) is 0 Å². The molecule has 0 saturated carbocycles. The molecule has 1 aromatic rings. The molecule has 9 heteroatoms. The molecule has 2 aliphatic rings. The highest BCUT2D eigenvalue weighted by Crippen LogP contribution is 2.16. The Labute approximate surface area is 208 Å². The zero-order valence-corrected chi connectivity index (χ0v) is 21.5. The van der Waals surface area contributed by atoms with E-state index in [9.17, 15) is 9.59 Å². The summed E-state index contributed by atoms with van der Waals surface area (Å²) in [7, 11) is 0. The van der Waals surface area contributed by atoms with Gasteiger partial charge in [-0.25, -0.2) is 4.99 Å². The predicted molar refractivity (Wildman–Crippen MR) is 136 cm³/mol. The van der Waals surface area contributed by atoms with E-state index >= 15 is 0 Å². The number of amides is 2. The number of benzene rings is 1. The minimum atomic E-state index is -0.268. The fourth-order valence-corrected chi connectivity index (χ4v) is 3.96. The number of carbonyl (C=O) groups is 2. The molecule has 0 aromatic heterocycles. The Morgan fingerprint density at radius 1 is 1.12 bits per heavy atom. The molecule has 3 rings (SSSR count). The van der Waals surface area contributed by atoms with E-state index in [-0.39, 0.29) is 48.4 Å². The molecule has 1 atom stereocenters. The Morgan fingerprint density at radius 2 is 1.81 bits per heavy atom. The quantitative estimate of drug-likeness (QED) is 0.315. The molecule has 2 saturated heterocycles. The van der Waals surface area contributed by atoms with Crippen LogP contribution in [0.25, 0.3) is 0 Å². The predicted octanol–water partition coefficient (Wildman–Crippen LogP) is 1.94. The summed E-state index contributed by atoms with van der Waals surface area (Å²) in [5.74, 6) is 0.846. The Hall–Kier alpha value is -1.88. The molecule has 2 heterocycles. The topological polar surface area (TPSA) is 77.5 Å². The van der Waals surface area contributed by atoms with Gasteiger partial charge in [0, 0.05) is 52.4 Å². The van der Waals surface area contributed by atoms with E-state index in [1.807, 2.05) is 54.0 Å². The van der Waals surface area contributed by atoms with Crippen LogP contribution in [0.5, 0.6) is 0 Å². The van der Waals surface area contributed by atoms with Crippen molar-refractivity contribution in [1.82, 2.24) is 20.0 Å². The minimum absolute atomic E-state index is 0. The van der Waals surface area contributed by atoms with Gasteiger partial charge in [0.1, 0.15) is 12.6 Å². The van der Waals surface area contributed by atoms with Crippen LogP contribution in [0.1, 0.15) is 32.3 Å². The number of nitrogens with zero attached hydrogens (tertiary/aromatic N) is 4. The first-order valence-corrected chi connectivity index (χ1v) is 11.4. The second-order valence-electron chi connectivity index (χ2n) is 7.88. The molecule has 0 spiro atoms. The lowest BCUT2D eigenvalue weighted by molar-refractivity contribution is -0.142. The third kappa shape index (κ3) is 7.33. The van der Waals surface area contributed by atoms with Crippen LogP contribution >= 0.6 is 24.0 Å². The second kappa shape index (κ2) is 13.6. The zero-order valence-electron chi connectivity index (χ0n) is 19.2. The summed E-state index contributed by atoms with van der Waals surface area (Å²) in [6.45, 7) is 9.43. The van der Waals surface area contributed by atoms with E-state index in [4.69, 9.17) is 4.74 Å². The lowest BCUT2D eigenvalue weighted by Crippen LogP contribution is -2.55. The van der Waals surface area contributed by atoms with Gasteiger partial charge in [-0.15, -0.1) is 24.0 Å². The number of carbonyl (C=O) groups excluding carboxylic acids is 2. The SMILES string of the molecule is CCNC(=NCC(=O)N(CC)Cc1ccccc1)N1CCN(C(=O)C2CCCO2)CC1.I. The molecule has 2 amide bonds. The summed E-state index contributed by atoms with van der Waals surface area (Å²) in [6, 6.07) is 10.0. The monoisotopic (exact) mass is 557 g/mol. The summed E-state index contributed by atoms with van der Waals surface area (Å²) >= 11 is 0. The normalized spacial score (nSPS) is 18.8. The molecule has 2 aliphatic heterocycles. The number of hydrogen-bond acceptors (Lipinski definition) is 4. The van der Waals surface area contributed by atoms with Crippen molar-refractivity contribution in [1.29, 1.82) is 0 Å². The third-order valence-corrected chi connectivity index (χ3v) is 5.75. The summed E-state index contributed by atoms with van der Waals surface area (Å²) in [5.41, 5.74) is 1.11. The molecule has 2 fully saturated rings. The van der Waals surface area contributed by atoms with E-state index < -0.39 is 0 Å². The van der Waals surface area contributed by atoms with Gasteiger partial charge in [0.05, 0.1) is 0 Å². The fraction of sp³-hybridized carbons (Fsp3) is 0.609. The fourth-order valence-electron chi connectivity index (χ4n) is 3.96. The summed E-state index contributed by atoms with van der Waals surface area (Å²) < 4.78 is 5.54. The number of aliphatic imine (C=N–C) groups is 1. The second-order valence-corrected chi connectivity index (χ2v) is 7.88. The van der Waals surface area contributed by atoms with Crippen molar-refractivity contribution in [2.24, 2.45) is 4.99 Å². The smallest absolute Gasteiger partial charge is 0.251 e. The number of nitrogens with one attached hydrogen (secondary N) is 1. The summed E-state index contributed by atoms with van der Waals surface area (Å²) in [4.78, 5) is 35.8. The van der Waals surface area contributed by atoms with Crippen molar-refractivity contribution in [2.45, 2.75) is 39.3 Å². The van der Waals surface area contributed by atoms with Crippen LogP contribution in [0.4, 0.5) is 0 Å². The van der Waals surface area contributed by atoms with Gasteiger partial charge in [-0.1, -0.05) is 30.3 Å². The van der Waals surface area contributed by atoms with Gasteiger partial charge in [-0.05, 0) is 32.3 Å². The largest absolute Gasteiger partial charge is 0.368 e. The molecular weight excluding hydrogens is 521 g/mol. The van der Waals surface area contributed by atoms with Crippen molar-refractivity contribution in [3.05, 3.63) is 35.9 Å². The van der Waals surface area contributed by atoms with Gasteiger partial charge in [-0.3, -0.25) is 9.59 Å². The van der Waals surface area contributed by atoms with Crippen LogP contribution in [0.3, 0.4) is 0 Å². The van der Waals surface area contributed by atoms with Crippen LogP contribution in [0.15, 0.2) is 35.3 Å². The maximum absolute atomic E-state index is 12.8. The molecular formula is C23H36IN5O3. The molecule has 1 N–H and O–H groups in total. The first-order chi connectivity index (χ1) is 15.1. The molecule has 0 radical (unpaired) electrons. The van der Waals surface area contributed by atoms with Crippen molar-refractivity contribution >= 4 is 41.8 Å². The molecule has 8 nitrogen and oxygen atoms in total.